The molecule has 0 spiro atoms. The van der Waals surface area contributed by atoms with Gasteiger partial charge in [0, 0.05) is 0 Å². The van der Waals surface area contributed by atoms with E-state index < -0.39 is 17.8 Å². The van der Waals surface area contributed by atoms with Gasteiger partial charge in [-0.1, -0.05) is 18.2 Å². The second kappa shape index (κ2) is 6.64. The highest BCUT2D eigenvalue weighted by atomic mass is 16.5. The zero-order valence-corrected chi connectivity index (χ0v) is 13.4. The third-order valence-electron chi connectivity index (χ3n) is 3.87. The summed E-state index contributed by atoms with van der Waals surface area (Å²) in [6, 6.07) is 11.0. The fourth-order valence-electron chi connectivity index (χ4n) is 2.60. The van der Waals surface area contributed by atoms with Crippen molar-refractivity contribution in [1.82, 2.24) is 4.90 Å². The molecule has 0 radical (unpaired) electrons. The lowest BCUT2D eigenvalue weighted by atomic mass is 10.1. The molecule has 0 aliphatic carbocycles. The van der Waals surface area contributed by atoms with Crippen LogP contribution in [0.25, 0.3) is 0 Å². The monoisotopic (exact) mass is 341 g/mol. The Hall–Kier alpha value is -3.35. The van der Waals surface area contributed by atoms with Gasteiger partial charge in [0.25, 0.3) is 11.8 Å². The summed E-state index contributed by atoms with van der Waals surface area (Å²) in [6.07, 6.45) is 0. The van der Waals surface area contributed by atoms with E-state index in [-0.39, 0.29) is 30.2 Å². The number of benzene rings is 2. The molecular formula is C18H15NO6. The van der Waals surface area contributed by atoms with E-state index in [1.54, 1.807) is 30.3 Å². The zero-order chi connectivity index (χ0) is 18.0. The van der Waals surface area contributed by atoms with Crippen molar-refractivity contribution in [3.8, 4) is 11.5 Å². The van der Waals surface area contributed by atoms with Crippen molar-refractivity contribution < 1.29 is 29.0 Å². The summed E-state index contributed by atoms with van der Waals surface area (Å²) < 4.78 is 10.00. The summed E-state index contributed by atoms with van der Waals surface area (Å²) in [7, 11) is 1.37. The largest absolute Gasteiger partial charge is 0.504 e. The van der Waals surface area contributed by atoms with Gasteiger partial charge in [0.15, 0.2) is 11.5 Å². The van der Waals surface area contributed by atoms with Crippen molar-refractivity contribution in [3.63, 3.8) is 0 Å². The van der Waals surface area contributed by atoms with Crippen molar-refractivity contribution >= 4 is 17.8 Å². The Morgan fingerprint density at radius 2 is 1.68 bits per heavy atom. The highest BCUT2D eigenvalue weighted by Crippen LogP contribution is 2.29. The average Bonchev–Trinajstić information content (AvgIpc) is 2.87. The number of phenols is 1. The Morgan fingerprint density at radius 1 is 1.04 bits per heavy atom. The number of nitrogens with zero attached hydrogens (tertiary/aromatic N) is 1. The number of phenolic OH excluding ortho intramolecular Hbond substituents is 1. The van der Waals surface area contributed by atoms with Gasteiger partial charge in [-0.2, -0.15) is 0 Å². The molecule has 1 heterocycles. The smallest absolute Gasteiger partial charge is 0.342 e. The van der Waals surface area contributed by atoms with Crippen molar-refractivity contribution in [2.45, 2.75) is 0 Å². The lowest BCUT2D eigenvalue weighted by Crippen LogP contribution is -2.33. The average molecular weight is 341 g/mol. The van der Waals surface area contributed by atoms with Crippen LogP contribution in [0.3, 0.4) is 0 Å². The first-order valence-corrected chi connectivity index (χ1v) is 7.53. The van der Waals surface area contributed by atoms with E-state index in [9.17, 15) is 19.5 Å². The highest BCUT2D eigenvalue weighted by Gasteiger charge is 2.34. The number of methoxy groups -OCH3 is 1. The second-order valence-electron chi connectivity index (χ2n) is 5.30. The molecule has 2 aromatic rings. The summed E-state index contributed by atoms with van der Waals surface area (Å²) in [4.78, 5) is 37.5. The predicted octanol–water partition coefficient (Wildman–Crippen LogP) is 1.85. The molecule has 2 amide bonds. The van der Waals surface area contributed by atoms with E-state index in [2.05, 4.69) is 0 Å². The van der Waals surface area contributed by atoms with Crippen molar-refractivity contribution in [2.75, 3.05) is 20.3 Å². The Kier molecular flexibility index (Phi) is 4.38. The minimum atomic E-state index is -0.770. The first kappa shape index (κ1) is 16.5. The van der Waals surface area contributed by atoms with Crippen LogP contribution in [-0.2, 0) is 4.74 Å². The minimum Gasteiger partial charge on any atom is -0.504 e. The third kappa shape index (κ3) is 2.91. The molecule has 1 N–H and O–H groups in total. The van der Waals surface area contributed by atoms with Crippen LogP contribution in [0.2, 0.25) is 0 Å². The molecule has 128 valence electrons. The molecule has 0 aromatic heterocycles. The normalized spacial score (nSPS) is 12.9. The van der Waals surface area contributed by atoms with Crippen LogP contribution in [0.5, 0.6) is 11.5 Å². The van der Waals surface area contributed by atoms with Crippen LogP contribution in [0.15, 0.2) is 42.5 Å². The Morgan fingerprint density at radius 3 is 2.28 bits per heavy atom. The molecular weight excluding hydrogens is 326 g/mol. The number of esters is 1. The van der Waals surface area contributed by atoms with Gasteiger partial charge < -0.3 is 14.6 Å². The van der Waals surface area contributed by atoms with E-state index >= 15 is 0 Å². The SMILES string of the molecule is COc1cccc(C(=O)OCCN2C(=O)c3ccccc3C2=O)c1O. The van der Waals surface area contributed by atoms with Crippen molar-refractivity contribution in [2.24, 2.45) is 0 Å². The number of hydrogen-bond acceptors (Lipinski definition) is 6. The van der Waals surface area contributed by atoms with E-state index in [0.717, 1.165) is 4.90 Å². The maximum atomic E-state index is 12.2. The highest BCUT2D eigenvalue weighted by molar-refractivity contribution is 6.21. The first-order chi connectivity index (χ1) is 12.0. The van der Waals surface area contributed by atoms with E-state index in [0.29, 0.717) is 11.1 Å². The molecule has 7 nitrogen and oxygen atoms in total. The summed E-state index contributed by atoms with van der Waals surface area (Å²) in [5, 5.41) is 9.93. The van der Waals surface area contributed by atoms with Gasteiger partial charge in [-0.05, 0) is 24.3 Å². The number of imide groups is 1. The molecule has 1 aliphatic heterocycles. The van der Waals surface area contributed by atoms with Crippen LogP contribution < -0.4 is 4.74 Å². The number of amides is 2. The van der Waals surface area contributed by atoms with Gasteiger partial charge in [0.1, 0.15) is 12.2 Å². The van der Waals surface area contributed by atoms with Gasteiger partial charge >= 0.3 is 5.97 Å². The van der Waals surface area contributed by atoms with Gasteiger partial charge in [-0.15, -0.1) is 0 Å². The number of carbonyl (C=O) groups is 3. The topological polar surface area (TPSA) is 93.1 Å². The Labute approximate surface area is 143 Å². The fraction of sp³-hybridized carbons (Fsp3) is 0.167. The van der Waals surface area contributed by atoms with E-state index in [1.807, 2.05) is 0 Å². The Balaban J connectivity index is 1.64. The first-order valence-electron chi connectivity index (χ1n) is 7.53. The Bertz CT molecular complexity index is 825. The van der Waals surface area contributed by atoms with Gasteiger partial charge in [0.05, 0.1) is 24.8 Å². The van der Waals surface area contributed by atoms with Crippen LogP contribution in [0.1, 0.15) is 31.1 Å². The van der Waals surface area contributed by atoms with Gasteiger partial charge in [0.2, 0.25) is 0 Å². The third-order valence-corrected chi connectivity index (χ3v) is 3.87. The zero-order valence-electron chi connectivity index (χ0n) is 13.4. The molecule has 0 saturated carbocycles. The molecule has 2 aromatic carbocycles. The number of ether oxygens (including phenoxy) is 2. The maximum absolute atomic E-state index is 12.2. The number of para-hydroxylation sites is 1. The van der Waals surface area contributed by atoms with Crippen molar-refractivity contribution in [1.29, 1.82) is 0 Å². The van der Waals surface area contributed by atoms with Gasteiger partial charge in [-0.3, -0.25) is 14.5 Å². The molecule has 0 fully saturated rings. The summed E-state index contributed by atoms with van der Waals surface area (Å²) in [5.41, 5.74) is 0.621. The van der Waals surface area contributed by atoms with Crippen LogP contribution in [0, 0.1) is 0 Å². The van der Waals surface area contributed by atoms with Crippen LogP contribution >= 0.6 is 0 Å². The molecule has 1 aliphatic rings. The predicted molar refractivity (Wildman–Crippen MR) is 86.8 cm³/mol. The maximum Gasteiger partial charge on any atom is 0.342 e. The molecule has 0 saturated heterocycles. The second-order valence-corrected chi connectivity index (χ2v) is 5.30. The number of carbonyl (C=O) groups excluding carboxylic acids is 3. The lowest BCUT2D eigenvalue weighted by molar-refractivity contribution is 0.0417. The molecule has 0 atom stereocenters. The summed E-state index contributed by atoms with van der Waals surface area (Å²) >= 11 is 0. The van der Waals surface area contributed by atoms with Crippen LogP contribution in [0.4, 0.5) is 0 Å². The molecule has 3 rings (SSSR count). The van der Waals surface area contributed by atoms with Gasteiger partial charge in [-0.25, -0.2) is 4.79 Å². The molecule has 25 heavy (non-hydrogen) atoms. The lowest BCUT2D eigenvalue weighted by Gasteiger charge is -2.14. The minimum absolute atomic E-state index is 0.0540. The molecule has 0 bridgehead atoms. The number of fused-ring (bicyclic) bond motifs is 1. The number of hydrogen-bond donors (Lipinski definition) is 1. The summed E-state index contributed by atoms with van der Waals surface area (Å²) in [5.74, 6) is -1.78. The molecule has 7 heteroatoms. The quantitative estimate of drug-likeness (QED) is 0.659. The number of aromatic hydroxyl groups is 1. The summed E-state index contributed by atoms with van der Waals surface area (Å²) in [6.45, 7) is -0.246. The standard InChI is InChI=1S/C18H15NO6/c1-24-14-8-4-7-13(15(14)20)18(23)25-10-9-19-16(21)11-5-2-3-6-12(11)17(19)22/h2-8,20H,9-10H2,1H3. The molecule has 0 unspecified atom stereocenters. The van der Waals surface area contributed by atoms with E-state index in [1.165, 1.54) is 19.2 Å². The van der Waals surface area contributed by atoms with Crippen LogP contribution in [-0.4, -0.2) is 48.1 Å². The van der Waals surface area contributed by atoms with Crippen molar-refractivity contribution in [3.05, 3.63) is 59.2 Å². The number of rotatable bonds is 5. The fourth-order valence-corrected chi connectivity index (χ4v) is 2.60. The van der Waals surface area contributed by atoms with E-state index in [4.69, 9.17) is 9.47 Å².